The van der Waals surface area contributed by atoms with Crippen molar-refractivity contribution in [1.82, 2.24) is 10.6 Å². The van der Waals surface area contributed by atoms with E-state index in [1.165, 1.54) is 5.56 Å². The first-order chi connectivity index (χ1) is 11.6. The number of nitrogens with one attached hydrogen (secondary N) is 2. The van der Waals surface area contributed by atoms with E-state index in [9.17, 15) is 9.59 Å². The Bertz CT molecular complexity index is 605. The minimum absolute atomic E-state index is 0. The van der Waals surface area contributed by atoms with Gasteiger partial charge in [0, 0.05) is 30.7 Å². The van der Waals surface area contributed by atoms with Gasteiger partial charge in [0.1, 0.15) is 0 Å². The first-order valence-corrected chi connectivity index (χ1v) is 9.01. The minimum atomic E-state index is -0.252. The largest absolute Gasteiger partial charge is 0.352 e. The van der Waals surface area contributed by atoms with E-state index >= 15 is 0 Å². The fraction of sp³-hybridized carbons (Fsp3) is 0.579. The van der Waals surface area contributed by atoms with Crippen LogP contribution < -0.4 is 15.5 Å². The molecule has 5 nitrogen and oxygen atoms in total. The molecular formula is C19H28ClN3O2. The number of carbonyl (C=O) groups excluding carboxylic acids is 2. The number of anilines is 1. The number of carbonyl (C=O) groups is 2. The molecule has 1 aromatic carbocycles. The summed E-state index contributed by atoms with van der Waals surface area (Å²) in [5.41, 5.74) is 2.14. The second kappa shape index (κ2) is 8.68. The maximum absolute atomic E-state index is 12.6. The summed E-state index contributed by atoms with van der Waals surface area (Å²) >= 11 is 0. The summed E-state index contributed by atoms with van der Waals surface area (Å²) in [7, 11) is 0. The van der Waals surface area contributed by atoms with Crippen molar-refractivity contribution in [2.75, 3.05) is 18.0 Å². The number of piperidine rings is 1. The number of nitrogens with zero attached hydrogens (tertiary/aromatic N) is 1. The van der Waals surface area contributed by atoms with Crippen molar-refractivity contribution < 1.29 is 9.59 Å². The predicted octanol–water partition coefficient (Wildman–Crippen LogP) is 2.28. The van der Waals surface area contributed by atoms with Crippen LogP contribution in [0.2, 0.25) is 0 Å². The van der Waals surface area contributed by atoms with E-state index in [0.29, 0.717) is 13.0 Å². The highest BCUT2D eigenvalue weighted by atomic mass is 35.5. The van der Waals surface area contributed by atoms with Gasteiger partial charge < -0.3 is 15.5 Å². The Labute approximate surface area is 155 Å². The molecule has 25 heavy (non-hydrogen) atoms. The summed E-state index contributed by atoms with van der Waals surface area (Å²) in [6.07, 6.45) is 3.36. The summed E-state index contributed by atoms with van der Waals surface area (Å²) < 4.78 is 0. The van der Waals surface area contributed by atoms with E-state index in [0.717, 1.165) is 31.5 Å². The zero-order valence-electron chi connectivity index (χ0n) is 15.0. The monoisotopic (exact) mass is 365 g/mol. The number of halogens is 1. The molecule has 2 aliphatic rings. The molecule has 0 aromatic heterocycles. The molecule has 1 aromatic rings. The SMILES string of the molecule is CCc1ccc(N2CC(C(=O)NC3CCCNC3C)CC2=O)cc1.Cl. The second-order valence-electron chi connectivity index (χ2n) is 6.93. The Morgan fingerprint density at radius 1 is 1.32 bits per heavy atom. The average Bonchev–Trinajstić information content (AvgIpc) is 2.99. The van der Waals surface area contributed by atoms with E-state index in [1.807, 2.05) is 24.3 Å². The van der Waals surface area contributed by atoms with Gasteiger partial charge in [0.05, 0.1) is 5.92 Å². The van der Waals surface area contributed by atoms with Gasteiger partial charge in [0.2, 0.25) is 11.8 Å². The van der Waals surface area contributed by atoms with Gasteiger partial charge in [-0.15, -0.1) is 12.4 Å². The van der Waals surface area contributed by atoms with Gasteiger partial charge in [0.15, 0.2) is 0 Å². The topological polar surface area (TPSA) is 61.4 Å². The van der Waals surface area contributed by atoms with E-state index < -0.39 is 0 Å². The lowest BCUT2D eigenvalue weighted by Crippen LogP contribution is -2.53. The third-order valence-electron chi connectivity index (χ3n) is 5.24. The molecule has 3 unspecified atom stereocenters. The van der Waals surface area contributed by atoms with Crippen LogP contribution in [0.25, 0.3) is 0 Å². The lowest BCUT2D eigenvalue weighted by Gasteiger charge is -2.31. The van der Waals surface area contributed by atoms with Crippen molar-refractivity contribution in [3.8, 4) is 0 Å². The van der Waals surface area contributed by atoms with Gasteiger partial charge >= 0.3 is 0 Å². The smallest absolute Gasteiger partial charge is 0.227 e. The fourth-order valence-electron chi connectivity index (χ4n) is 3.59. The highest BCUT2D eigenvalue weighted by Crippen LogP contribution is 2.26. The van der Waals surface area contributed by atoms with Crippen LogP contribution in [0.1, 0.15) is 38.7 Å². The molecule has 6 heteroatoms. The van der Waals surface area contributed by atoms with Gasteiger partial charge in [-0.05, 0) is 50.4 Å². The van der Waals surface area contributed by atoms with Crippen LogP contribution in [-0.2, 0) is 16.0 Å². The lowest BCUT2D eigenvalue weighted by atomic mass is 9.98. The third-order valence-corrected chi connectivity index (χ3v) is 5.24. The molecule has 0 radical (unpaired) electrons. The van der Waals surface area contributed by atoms with Crippen molar-refractivity contribution in [2.24, 2.45) is 5.92 Å². The maximum Gasteiger partial charge on any atom is 0.227 e. The first-order valence-electron chi connectivity index (χ1n) is 9.01. The Balaban J connectivity index is 0.00000225. The number of amides is 2. The Hall–Kier alpha value is -1.59. The van der Waals surface area contributed by atoms with Crippen molar-refractivity contribution in [2.45, 2.75) is 51.6 Å². The number of aryl methyl sites for hydroxylation is 1. The Morgan fingerprint density at radius 3 is 2.68 bits per heavy atom. The summed E-state index contributed by atoms with van der Waals surface area (Å²) in [4.78, 5) is 26.6. The van der Waals surface area contributed by atoms with Crippen molar-refractivity contribution in [3.05, 3.63) is 29.8 Å². The lowest BCUT2D eigenvalue weighted by molar-refractivity contribution is -0.127. The molecular weight excluding hydrogens is 338 g/mol. The van der Waals surface area contributed by atoms with Crippen molar-refractivity contribution >= 4 is 29.9 Å². The van der Waals surface area contributed by atoms with Crippen LogP contribution in [-0.4, -0.2) is 37.0 Å². The molecule has 3 rings (SSSR count). The van der Waals surface area contributed by atoms with Crippen LogP contribution in [0, 0.1) is 5.92 Å². The molecule has 0 saturated carbocycles. The van der Waals surface area contributed by atoms with E-state index in [2.05, 4.69) is 24.5 Å². The van der Waals surface area contributed by atoms with Gasteiger partial charge in [-0.25, -0.2) is 0 Å². The molecule has 2 amide bonds. The summed E-state index contributed by atoms with van der Waals surface area (Å²) in [5, 5.41) is 6.53. The molecule has 138 valence electrons. The van der Waals surface area contributed by atoms with Gasteiger partial charge in [0.25, 0.3) is 0 Å². The van der Waals surface area contributed by atoms with E-state index in [1.54, 1.807) is 4.90 Å². The van der Waals surface area contributed by atoms with Crippen molar-refractivity contribution in [1.29, 1.82) is 0 Å². The van der Waals surface area contributed by atoms with Gasteiger partial charge in [-0.1, -0.05) is 19.1 Å². The summed E-state index contributed by atoms with van der Waals surface area (Å²) in [6.45, 7) is 5.70. The number of hydrogen-bond acceptors (Lipinski definition) is 3. The van der Waals surface area contributed by atoms with Gasteiger partial charge in [-0.2, -0.15) is 0 Å². The van der Waals surface area contributed by atoms with E-state index in [-0.39, 0.29) is 42.2 Å². The first kappa shape index (κ1) is 19.7. The zero-order chi connectivity index (χ0) is 17.1. The Morgan fingerprint density at radius 2 is 2.04 bits per heavy atom. The minimum Gasteiger partial charge on any atom is -0.352 e. The normalized spacial score (nSPS) is 26.2. The zero-order valence-corrected chi connectivity index (χ0v) is 15.8. The number of hydrogen-bond donors (Lipinski definition) is 2. The average molecular weight is 366 g/mol. The summed E-state index contributed by atoms with van der Waals surface area (Å²) in [6, 6.07) is 8.50. The van der Waals surface area contributed by atoms with E-state index in [4.69, 9.17) is 0 Å². The second-order valence-corrected chi connectivity index (χ2v) is 6.93. The van der Waals surface area contributed by atoms with Crippen LogP contribution >= 0.6 is 12.4 Å². The number of benzene rings is 1. The third kappa shape index (κ3) is 4.53. The molecule has 2 heterocycles. The quantitative estimate of drug-likeness (QED) is 0.860. The standard InChI is InChI=1S/C19H27N3O2.ClH/c1-3-14-6-8-16(9-7-14)22-12-15(11-18(22)23)19(24)21-17-5-4-10-20-13(17)2;/h6-9,13,15,17,20H,3-5,10-12H2,1-2H3,(H,21,24);1H. The molecule has 2 fully saturated rings. The molecule has 2 aliphatic heterocycles. The predicted molar refractivity (Wildman–Crippen MR) is 102 cm³/mol. The summed E-state index contributed by atoms with van der Waals surface area (Å²) in [5.74, 6) is -0.205. The highest BCUT2D eigenvalue weighted by molar-refractivity contribution is 6.00. The highest BCUT2D eigenvalue weighted by Gasteiger charge is 2.36. The molecule has 0 bridgehead atoms. The molecule has 2 saturated heterocycles. The molecule has 0 aliphatic carbocycles. The van der Waals surface area contributed by atoms with Crippen LogP contribution in [0.3, 0.4) is 0 Å². The van der Waals surface area contributed by atoms with Crippen LogP contribution in [0.15, 0.2) is 24.3 Å². The van der Waals surface area contributed by atoms with Crippen molar-refractivity contribution in [3.63, 3.8) is 0 Å². The maximum atomic E-state index is 12.6. The molecule has 2 N–H and O–H groups in total. The molecule has 3 atom stereocenters. The van der Waals surface area contributed by atoms with Crippen LogP contribution in [0.5, 0.6) is 0 Å². The Kier molecular flexibility index (Phi) is 6.85. The number of rotatable bonds is 4. The van der Waals surface area contributed by atoms with Crippen LogP contribution in [0.4, 0.5) is 5.69 Å². The fourth-order valence-corrected chi connectivity index (χ4v) is 3.59. The molecule has 0 spiro atoms. The van der Waals surface area contributed by atoms with Gasteiger partial charge in [-0.3, -0.25) is 9.59 Å².